The molecule has 1 aliphatic rings. The number of methoxy groups -OCH3 is 1. The van der Waals surface area contributed by atoms with Crippen molar-refractivity contribution in [1.29, 1.82) is 0 Å². The van der Waals surface area contributed by atoms with Gasteiger partial charge >= 0.3 is 5.69 Å². The van der Waals surface area contributed by atoms with E-state index in [-0.39, 0.29) is 28.5 Å². The van der Waals surface area contributed by atoms with Crippen molar-refractivity contribution in [1.82, 2.24) is 23.6 Å². The third-order valence-corrected chi connectivity index (χ3v) is 8.42. The number of benzene rings is 1. The van der Waals surface area contributed by atoms with Crippen molar-refractivity contribution in [2.24, 2.45) is 14.1 Å². The quantitative estimate of drug-likeness (QED) is 0.505. The topological polar surface area (TPSA) is 126 Å². The number of ether oxygens (including phenoxy) is 1. The van der Waals surface area contributed by atoms with Crippen LogP contribution in [0.15, 0.2) is 45.1 Å². The summed E-state index contributed by atoms with van der Waals surface area (Å²) in [5, 5.41) is -0.578. The van der Waals surface area contributed by atoms with E-state index in [0.29, 0.717) is 31.7 Å². The molecule has 3 aromatic rings. The number of sulfone groups is 1. The second-order valence-electron chi connectivity index (χ2n) is 8.05. The molecule has 0 aliphatic carbocycles. The van der Waals surface area contributed by atoms with E-state index in [1.165, 1.54) is 48.8 Å². The molecule has 0 bridgehead atoms. The van der Waals surface area contributed by atoms with Gasteiger partial charge in [-0.1, -0.05) is 0 Å². The molecule has 0 spiro atoms. The predicted octanol–water partition coefficient (Wildman–Crippen LogP) is -0.0928. The molecule has 1 aromatic carbocycles. The molecule has 4 rings (SSSR count). The van der Waals surface area contributed by atoms with Gasteiger partial charge in [-0.3, -0.25) is 18.7 Å². The SMILES string of the molecule is COc1ccc(S(=O)(=O)C2CCN(C(=O)Cn3cnc4c3c(=O)n(C)c(=O)n4C)CC2)cc1. The van der Waals surface area contributed by atoms with E-state index < -0.39 is 26.3 Å². The van der Waals surface area contributed by atoms with Gasteiger partial charge in [-0.25, -0.2) is 18.2 Å². The van der Waals surface area contributed by atoms with Crippen LogP contribution in [0.5, 0.6) is 5.75 Å². The van der Waals surface area contributed by atoms with Crippen LogP contribution in [0.25, 0.3) is 11.2 Å². The Morgan fingerprint density at radius 1 is 1.09 bits per heavy atom. The van der Waals surface area contributed by atoms with E-state index in [9.17, 15) is 22.8 Å². The predicted molar refractivity (Wildman–Crippen MR) is 120 cm³/mol. The average Bonchev–Trinajstić information content (AvgIpc) is 3.25. The molecule has 1 aliphatic heterocycles. The van der Waals surface area contributed by atoms with Gasteiger partial charge in [0.25, 0.3) is 5.56 Å². The maximum atomic E-state index is 13.0. The summed E-state index contributed by atoms with van der Waals surface area (Å²) < 4.78 is 34.7. The first kappa shape index (κ1) is 22.8. The van der Waals surface area contributed by atoms with Gasteiger partial charge in [-0.2, -0.15) is 0 Å². The zero-order valence-electron chi connectivity index (χ0n) is 18.6. The lowest BCUT2D eigenvalue weighted by Gasteiger charge is -2.32. The fourth-order valence-corrected chi connectivity index (χ4v) is 5.87. The highest BCUT2D eigenvalue weighted by atomic mass is 32.2. The number of hydrogen-bond donors (Lipinski definition) is 0. The van der Waals surface area contributed by atoms with Crippen LogP contribution in [-0.2, 0) is 35.3 Å². The highest BCUT2D eigenvalue weighted by Gasteiger charge is 2.33. The number of aryl methyl sites for hydroxylation is 1. The molecule has 0 atom stereocenters. The third-order valence-electron chi connectivity index (χ3n) is 6.14. The molecule has 33 heavy (non-hydrogen) atoms. The number of imidazole rings is 1. The Balaban J connectivity index is 1.47. The number of carbonyl (C=O) groups excluding carboxylic acids is 1. The monoisotopic (exact) mass is 475 g/mol. The summed E-state index contributed by atoms with van der Waals surface area (Å²) in [6.07, 6.45) is 2.01. The summed E-state index contributed by atoms with van der Waals surface area (Å²) >= 11 is 0. The summed E-state index contributed by atoms with van der Waals surface area (Å²) in [4.78, 5) is 43.5. The van der Waals surface area contributed by atoms with E-state index in [2.05, 4.69) is 4.98 Å². The van der Waals surface area contributed by atoms with Crippen molar-refractivity contribution < 1.29 is 17.9 Å². The van der Waals surface area contributed by atoms with Crippen molar-refractivity contribution in [3.8, 4) is 5.75 Å². The molecule has 1 fully saturated rings. The normalized spacial score (nSPS) is 15.2. The molecule has 1 amide bonds. The van der Waals surface area contributed by atoms with Crippen LogP contribution < -0.4 is 16.0 Å². The highest BCUT2D eigenvalue weighted by Crippen LogP contribution is 2.26. The van der Waals surface area contributed by atoms with Gasteiger partial charge in [0.1, 0.15) is 12.3 Å². The smallest absolute Gasteiger partial charge is 0.332 e. The number of hydrogen-bond acceptors (Lipinski definition) is 7. The van der Waals surface area contributed by atoms with E-state index >= 15 is 0 Å². The Bertz CT molecular complexity index is 1430. The van der Waals surface area contributed by atoms with Crippen molar-refractivity contribution in [3.63, 3.8) is 0 Å². The van der Waals surface area contributed by atoms with Gasteiger partial charge in [-0.15, -0.1) is 0 Å². The van der Waals surface area contributed by atoms with Crippen molar-refractivity contribution in [3.05, 3.63) is 51.4 Å². The standard InChI is InChI=1S/C21H25N5O6S/c1-23-19-18(20(28)24(2)21(23)29)26(13-22-19)12-17(27)25-10-8-16(9-11-25)33(30,31)15-6-4-14(32-3)5-7-15/h4-7,13,16H,8-12H2,1-3H3. The van der Waals surface area contributed by atoms with Gasteiger partial charge < -0.3 is 14.2 Å². The van der Waals surface area contributed by atoms with Gasteiger partial charge in [0, 0.05) is 27.2 Å². The summed E-state index contributed by atoms with van der Waals surface area (Å²) in [6, 6.07) is 6.29. The number of likely N-dealkylation sites (tertiary alicyclic amines) is 1. The molecule has 1 saturated heterocycles. The fraction of sp³-hybridized carbons (Fsp3) is 0.429. The number of fused-ring (bicyclic) bond motifs is 1. The lowest BCUT2D eigenvalue weighted by Crippen LogP contribution is -2.44. The van der Waals surface area contributed by atoms with Crippen LogP contribution in [0.2, 0.25) is 0 Å². The Morgan fingerprint density at radius 3 is 2.33 bits per heavy atom. The number of amides is 1. The summed E-state index contributed by atoms with van der Waals surface area (Å²) in [5.41, 5.74) is -0.642. The first-order valence-corrected chi connectivity index (χ1v) is 12.0. The molecular weight excluding hydrogens is 450 g/mol. The minimum atomic E-state index is -3.52. The van der Waals surface area contributed by atoms with E-state index in [0.717, 1.165) is 4.57 Å². The molecule has 11 nitrogen and oxygen atoms in total. The third kappa shape index (κ3) is 3.94. The molecule has 3 heterocycles. The molecule has 12 heteroatoms. The van der Waals surface area contributed by atoms with Gasteiger partial charge in [0.05, 0.1) is 23.6 Å². The van der Waals surface area contributed by atoms with E-state index in [1.807, 2.05) is 0 Å². The minimum Gasteiger partial charge on any atom is -0.497 e. The number of rotatable bonds is 5. The van der Waals surface area contributed by atoms with Crippen LogP contribution in [0.3, 0.4) is 0 Å². The molecular formula is C21H25N5O6S. The summed E-state index contributed by atoms with van der Waals surface area (Å²) in [7, 11) is 0.880. The maximum absolute atomic E-state index is 13.0. The average molecular weight is 476 g/mol. The highest BCUT2D eigenvalue weighted by molar-refractivity contribution is 7.92. The molecule has 176 valence electrons. The molecule has 2 aromatic heterocycles. The molecule has 0 saturated carbocycles. The second-order valence-corrected chi connectivity index (χ2v) is 10.3. The Morgan fingerprint density at radius 2 is 1.73 bits per heavy atom. The first-order valence-electron chi connectivity index (χ1n) is 10.4. The van der Waals surface area contributed by atoms with Crippen LogP contribution >= 0.6 is 0 Å². The van der Waals surface area contributed by atoms with Crippen LogP contribution in [0.1, 0.15) is 12.8 Å². The Hall–Kier alpha value is -3.41. The molecule has 0 radical (unpaired) electrons. The van der Waals surface area contributed by atoms with Gasteiger partial charge in [0.15, 0.2) is 21.0 Å². The second kappa shape index (κ2) is 8.50. The lowest BCUT2D eigenvalue weighted by molar-refractivity contribution is -0.132. The zero-order valence-corrected chi connectivity index (χ0v) is 19.4. The van der Waals surface area contributed by atoms with E-state index in [1.54, 1.807) is 17.0 Å². The van der Waals surface area contributed by atoms with Crippen LogP contribution in [0, 0.1) is 0 Å². The van der Waals surface area contributed by atoms with Crippen LogP contribution in [-0.4, -0.2) is 63.4 Å². The number of aromatic nitrogens is 4. The zero-order chi connectivity index (χ0) is 23.9. The van der Waals surface area contributed by atoms with Gasteiger partial charge in [0.2, 0.25) is 5.91 Å². The van der Waals surface area contributed by atoms with Crippen molar-refractivity contribution in [2.45, 2.75) is 29.5 Å². The lowest BCUT2D eigenvalue weighted by atomic mass is 10.1. The maximum Gasteiger partial charge on any atom is 0.332 e. The number of piperidine rings is 1. The number of carbonyl (C=O) groups is 1. The fourth-order valence-electron chi connectivity index (χ4n) is 4.14. The van der Waals surface area contributed by atoms with Gasteiger partial charge in [-0.05, 0) is 37.1 Å². The Labute approximate surface area is 189 Å². The molecule has 0 unspecified atom stereocenters. The summed E-state index contributed by atoms with van der Waals surface area (Å²) in [6.45, 7) is 0.462. The molecule has 0 N–H and O–H groups in total. The Kier molecular flexibility index (Phi) is 5.87. The largest absolute Gasteiger partial charge is 0.497 e. The first-order chi connectivity index (χ1) is 15.6. The minimum absolute atomic E-state index is 0.125. The van der Waals surface area contributed by atoms with Crippen molar-refractivity contribution >= 4 is 26.9 Å². The van der Waals surface area contributed by atoms with E-state index in [4.69, 9.17) is 4.74 Å². The summed E-state index contributed by atoms with van der Waals surface area (Å²) in [5.74, 6) is 0.335. The van der Waals surface area contributed by atoms with Crippen LogP contribution in [0.4, 0.5) is 0 Å². The van der Waals surface area contributed by atoms with Crippen molar-refractivity contribution in [2.75, 3.05) is 20.2 Å². The number of nitrogens with zero attached hydrogens (tertiary/aromatic N) is 5.